The molecule has 0 aliphatic carbocycles. The summed E-state index contributed by atoms with van der Waals surface area (Å²) in [6.45, 7) is -1.01. The summed E-state index contributed by atoms with van der Waals surface area (Å²) in [4.78, 5) is 0. The highest BCUT2D eigenvalue weighted by atomic mass is 16.3. The van der Waals surface area contributed by atoms with Gasteiger partial charge in [-0.3, -0.25) is 0 Å². The third-order valence-electron chi connectivity index (χ3n) is 1.77. The molecular formula is C7H16O5. The van der Waals surface area contributed by atoms with E-state index in [2.05, 4.69) is 0 Å². The average Bonchev–Trinajstić information content (AvgIpc) is 2.07. The van der Waals surface area contributed by atoms with Crippen LogP contribution in [0.1, 0.15) is 6.42 Å². The second-order valence-electron chi connectivity index (χ2n) is 2.70. The summed E-state index contributed by atoms with van der Waals surface area (Å²) in [6, 6.07) is 0. The first kappa shape index (κ1) is 11.8. The normalized spacial score (nSPS) is 16.5. The highest BCUT2D eigenvalue weighted by Crippen LogP contribution is 2.09. The predicted molar refractivity (Wildman–Crippen MR) is 41.4 cm³/mol. The molecule has 0 aromatic heterocycles. The molecule has 0 aromatic rings. The van der Waals surface area contributed by atoms with Crippen LogP contribution in [0.15, 0.2) is 0 Å². The maximum atomic E-state index is 9.23. The smallest absolute Gasteiger partial charge is 0.0871 e. The Morgan fingerprint density at radius 3 is 1.75 bits per heavy atom. The van der Waals surface area contributed by atoms with Gasteiger partial charge in [-0.1, -0.05) is 0 Å². The Morgan fingerprint density at radius 2 is 1.42 bits per heavy atom. The topological polar surface area (TPSA) is 101 Å². The van der Waals surface area contributed by atoms with E-state index in [0.717, 1.165) is 0 Å². The summed E-state index contributed by atoms with van der Waals surface area (Å²) in [5.74, 6) is -0.744. The number of rotatable bonds is 6. The molecule has 0 bridgehead atoms. The van der Waals surface area contributed by atoms with Crippen molar-refractivity contribution in [3.05, 3.63) is 0 Å². The van der Waals surface area contributed by atoms with Gasteiger partial charge in [-0.15, -0.1) is 0 Å². The van der Waals surface area contributed by atoms with E-state index < -0.39 is 18.1 Å². The van der Waals surface area contributed by atoms with Crippen LogP contribution in [-0.2, 0) is 0 Å². The lowest BCUT2D eigenvalue weighted by Crippen LogP contribution is -2.37. The second kappa shape index (κ2) is 6.33. The summed E-state index contributed by atoms with van der Waals surface area (Å²) in [5, 5.41) is 44.0. The zero-order valence-corrected chi connectivity index (χ0v) is 6.80. The van der Waals surface area contributed by atoms with Crippen LogP contribution in [0.4, 0.5) is 0 Å². The first-order valence-electron chi connectivity index (χ1n) is 3.86. The van der Waals surface area contributed by atoms with E-state index in [1.54, 1.807) is 0 Å². The van der Waals surface area contributed by atoms with Crippen LogP contribution in [0.2, 0.25) is 0 Å². The molecule has 5 nitrogen and oxygen atoms in total. The fraction of sp³-hybridized carbons (Fsp3) is 1.00. The van der Waals surface area contributed by atoms with Gasteiger partial charge in [-0.25, -0.2) is 0 Å². The Morgan fingerprint density at radius 1 is 0.917 bits per heavy atom. The fourth-order valence-electron chi connectivity index (χ4n) is 0.891. The highest BCUT2D eigenvalue weighted by Gasteiger charge is 2.24. The van der Waals surface area contributed by atoms with Gasteiger partial charge in [0.05, 0.1) is 25.4 Å². The Bertz CT molecular complexity index is 104. The number of aliphatic hydroxyl groups excluding tert-OH is 5. The van der Waals surface area contributed by atoms with Gasteiger partial charge < -0.3 is 25.5 Å². The maximum absolute atomic E-state index is 9.23. The van der Waals surface area contributed by atoms with E-state index in [4.69, 9.17) is 20.4 Å². The van der Waals surface area contributed by atoms with Gasteiger partial charge in [-0.05, 0) is 6.42 Å². The molecule has 0 radical (unpaired) electrons. The molecule has 0 aromatic carbocycles. The van der Waals surface area contributed by atoms with Crippen molar-refractivity contribution in [2.75, 3.05) is 19.8 Å². The number of hydrogen-bond acceptors (Lipinski definition) is 5. The second-order valence-corrected chi connectivity index (χ2v) is 2.70. The maximum Gasteiger partial charge on any atom is 0.0871 e. The SMILES string of the molecule is OCCC(O)C(O)C(CO)CO. The Balaban J connectivity index is 3.87. The van der Waals surface area contributed by atoms with Gasteiger partial charge in [0.25, 0.3) is 0 Å². The molecule has 5 heteroatoms. The summed E-state index contributed by atoms with van der Waals surface area (Å²) < 4.78 is 0. The van der Waals surface area contributed by atoms with Crippen LogP contribution >= 0.6 is 0 Å². The molecule has 0 aliphatic rings. The predicted octanol–water partition coefficient (Wildman–Crippen LogP) is -2.31. The first-order valence-corrected chi connectivity index (χ1v) is 3.86. The fourth-order valence-corrected chi connectivity index (χ4v) is 0.891. The van der Waals surface area contributed by atoms with Crippen molar-refractivity contribution in [1.29, 1.82) is 0 Å². The molecule has 0 saturated carbocycles. The minimum atomic E-state index is -1.19. The molecule has 74 valence electrons. The van der Waals surface area contributed by atoms with Crippen molar-refractivity contribution in [3.8, 4) is 0 Å². The Labute approximate surface area is 70.9 Å². The van der Waals surface area contributed by atoms with Crippen LogP contribution in [-0.4, -0.2) is 57.6 Å². The van der Waals surface area contributed by atoms with Crippen molar-refractivity contribution >= 4 is 0 Å². The molecule has 0 heterocycles. The van der Waals surface area contributed by atoms with E-state index in [1.807, 2.05) is 0 Å². The average molecular weight is 180 g/mol. The zero-order chi connectivity index (χ0) is 9.56. The van der Waals surface area contributed by atoms with Crippen molar-refractivity contribution in [1.82, 2.24) is 0 Å². The molecule has 0 saturated heterocycles. The standard InChI is InChI=1S/C7H16O5/c8-2-1-6(11)7(12)5(3-9)4-10/h5-12H,1-4H2. The molecule has 12 heavy (non-hydrogen) atoms. The van der Waals surface area contributed by atoms with E-state index >= 15 is 0 Å². The minimum Gasteiger partial charge on any atom is -0.396 e. The molecular weight excluding hydrogens is 164 g/mol. The van der Waals surface area contributed by atoms with Gasteiger partial charge in [0.15, 0.2) is 0 Å². The van der Waals surface area contributed by atoms with Crippen molar-refractivity contribution in [2.45, 2.75) is 18.6 Å². The summed E-state index contributed by atoms with van der Waals surface area (Å²) in [7, 11) is 0. The highest BCUT2D eigenvalue weighted by molar-refractivity contribution is 4.74. The van der Waals surface area contributed by atoms with Gasteiger partial charge >= 0.3 is 0 Å². The quantitative estimate of drug-likeness (QED) is 0.316. The van der Waals surface area contributed by atoms with Crippen LogP contribution in [0, 0.1) is 5.92 Å². The monoisotopic (exact) mass is 180 g/mol. The Hall–Kier alpha value is -0.200. The van der Waals surface area contributed by atoms with E-state index in [-0.39, 0.29) is 26.2 Å². The van der Waals surface area contributed by atoms with Crippen LogP contribution in [0.5, 0.6) is 0 Å². The molecule has 0 rings (SSSR count). The summed E-state index contributed by atoms with van der Waals surface area (Å²) in [5.41, 5.74) is 0. The van der Waals surface area contributed by atoms with E-state index in [1.165, 1.54) is 0 Å². The largest absolute Gasteiger partial charge is 0.396 e. The van der Waals surface area contributed by atoms with Crippen LogP contribution in [0.25, 0.3) is 0 Å². The lowest BCUT2D eigenvalue weighted by atomic mass is 9.98. The lowest BCUT2D eigenvalue weighted by Gasteiger charge is -2.23. The summed E-state index contributed by atoms with van der Waals surface area (Å²) >= 11 is 0. The molecule has 5 N–H and O–H groups in total. The van der Waals surface area contributed by atoms with Gasteiger partial charge in [-0.2, -0.15) is 0 Å². The van der Waals surface area contributed by atoms with Crippen molar-refractivity contribution < 1.29 is 25.5 Å². The molecule has 0 fully saturated rings. The minimum absolute atomic E-state index is 0.0394. The van der Waals surface area contributed by atoms with Gasteiger partial charge in [0.1, 0.15) is 0 Å². The van der Waals surface area contributed by atoms with Crippen LogP contribution < -0.4 is 0 Å². The lowest BCUT2D eigenvalue weighted by molar-refractivity contribution is -0.0551. The molecule has 2 unspecified atom stereocenters. The number of aliphatic hydroxyl groups is 5. The summed E-state index contributed by atoms with van der Waals surface area (Å²) in [6.07, 6.45) is -2.25. The molecule has 0 amide bonds. The van der Waals surface area contributed by atoms with E-state index in [0.29, 0.717) is 0 Å². The van der Waals surface area contributed by atoms with Crippen molar-refractivity contribution in [2.24, 2.45) is 5.92 Å². The molecule has 0 spiro atoms. The van der Waals surface area contributed by atoms with E-state index in [9.17, 15) is 5.11 Å². The Kier molecular flexibility index (Phi) is 6.23. The van der Waals surface area contributed by atoms with Gasteiger partial charge in [0.2, 0.25) is 0 Å². The first-order chi connectivity index (χ1) is 5.67. The van der Waals surface area contributed by atoms with Gasteiger partial charge in [0, 0.05) is 12.5 Å². The third kappa shape index (κ3) is 3.46. The molecule has 0 aliphatic heterocycles. The third-order valence-corrected chi connectivity index (χ3v) is 1.77. The van der Waals surface area contributed by atoms with Crippen molar-refractivity contribution in [3.63, 3.8) is 0 Å². The van der Waals surface area contributed by atoms with Crippen LogP contribution in [0.3, 0.4) is 0 Å². The zero-order valence-electron chi connectivity index (χ0n) is 6.80. The molecule has 2 atom stereocenters. The number of hydrogen-bond donors (Lipinski definition) is 5.